The topological polar surface area (TPSA) is 35.6 Å². The Balaban J connectivity index is 0. The number of amides is 1. The van der Waals surface area contributed by atoms with Crippen molar-refractivity contribution in [1.82, 2.24) is 15.1 Å². The summed E-state index contributed by atoms with van der Waals surface area (Å²) >= 11 is 0. The summed E-state index contributed by atoms with van der Waals surface area (Å²) in [6.07, 6.45) is 2.29. The van der Waals surface area contributed by atoms with Gasteiger partial charge in [0.25, 0.3) is 0 Å². The molecule has 110 valence electrons. The summed E-state index contributed by atoms with van der Waals surface area (Å²) in [6.45, 7) is 8.54. The second-order valence-corrected chi connectivity index (χ2v) is 4.40. The maximum atomic E-state index is 12.1. The highest BCUT2D eigenvalue weighted by atomic mass is 35.5. The molecule has 1 aliphatic heterocycles. The fourth-order valence-electron chi connectivity index (χ4n) is 2.34. The van der Waals surface area contributed by atoms with Crippen molar-refractivity contribution in [1.29, 1.82) is 0 Å². The monoisotopic (exact) mass is 299 g/mol. The minimum absolute atomic E-state index is 0. The number of nitrogens with zero attached hydrogens (tertiary/aromatic N) is 2. The average molecular weight is 300 g/mol. The van der Waals surface area contributed by atoms with Gasteiger partial charge >= 0.3 is 0 Å². The number of carbonyl (C=O) groups excluding carboxylic acids is 1. The molecule has 0 bridgehead atoms. The Kier molecular flexibility index (Phi) is 12.2. The number of likely N-dealkylation sites (tertiary alicyclic amines) is 1. The van der Waals surface area contributed by atoms with Gasteiger partial charge in [0.1, 0.15) is 0 Å². The molecule has 1 fully saturated rings. The van der Waals surface area contributed by atoms with E-state index in [1.165, 1.54) is 0 Å². The molecule has 0 aromatic heterocycles. The Bertz CT molecular complexity index is 225. The molecule has 1 aliphatic rings. The molecular weight excluding hydrogens is 273 g/mol. The van der Waals surface area contributed by atoms with Crippen molar-refractivity contribution in [3.05, 3.63) is 0 Å². The maximum Gasteiger partial charge on any atom is 0.237 e. The van der Waals surface area contributed by atoms with Crippen LogP contribution < -0.4 is 5.32 Å². The van der Waals surface area contributed by atoms with Crippen LogP contribution in [0.15, 0.2) is 0 Å². The minimum Gasteiger partial charge on any atom is -0.337 e. The molecule has 1 heterocycles. The van der Waals surface area contributed by atoms with Gasteiger partial charge in [0.15, 0.2) is 0 Å². The smallest absolute Gasteiger partial charge is 0.237 e. The van der Waals surface area contributed by atoms with Gasteiger partial charge in [-0.1, -0.05) is 13.8 Å². The molecule has 0 aliphatic carbocycles. The summed E-state index contributed by atoms with van der Waals surface area (Å²) in [7, 11) is 1.95. The Labute approximate surface area is 123 Å². The summed E-state index contributed by atoms with van der Waals surface area (Å²) in [6, 6.07) is 0.410. The molecule has 1 N–H and O–H groups in total. The van der Waals surface area contributed by atoms with Crippen molar-refractivity contribution in [3.63, 3.8) is 0 Å². The third kappa shape index (κ3) is 5.74. The van der Waals surface area contributed by atoms with Gasteiger partial charge in [-0.05, 0) is 33.0 Å². The lowest BCUT2D eigenvalue weighted by molar-refractivity contribution is -0.133. The first kappa shape index (κ1) is 20.3. The predicted molar refractivity (Wildman–Crippen MR) is 80.9 cm³/mol. The first-order valence-electron chi connectivity index (χ1n) is 6.39. The van der Waals surface area contributed by atoms with Gasteiger partial charge in [-0.15, -0.1) is 24.8 Å². The largest absolute Gasteiger partial charge is 0.337 e. The van der Waals surface area contributed by atoms with E-state index in [1.54, 1.807) is 0 Å². The number of carbonyl (C=O) groups is 1. The first-order valence-corrected chi connectivity index (χ1v) is 6.39. The molecule has 0 aromatic rings. The summed E-state index contributed by atoms with van der Waals surface area (Å²) in [5, 5.41) is 3.17. The van der Waals surface area contributed by atoms with E-state index in [1.807, 2.05) is 7.05 Å². The van der Waals surface area contributed by atoms with Crippen molar-refractivity contribution in [2.75, 3.05) is 39.8 Å². The summed E-state index contributed by atoms with van der Waals surface area (Å²) in [4.78, 5) is 16.3. The Morgan fingerprint density at radius 3 is 2.44 bits per heavy atom. The van der Waals surface area contributed by atoms with Crippen molar-refractivity contribution < 1.29 is 4.79 Å². The maximum absolute atomic E-state index is 12.1. The lowest BCUT2D eigenvalue weighted by atomic mass is 10.2. The number of rotatable bonds is 6. The Morgan fingerprint density at radius 1 is 1.33 bits per heavy atom. The van der Waals surface area contributed by atoms with Gasteiger partial charge in [-0.3, -0.25) is 9.69 Å². The van der Waals surface area contributed by atoms with Gasteiger partial charge < -0.3 is 10.2 Å². The van der Waals surface area contributed by atoms with Crippen LogP contribution in [-0.2, 0) is 4.79 Å². The van der Waals surface area contributed by atoms with Gasteiger partial charge in [-0.2, -0.15) is 0 Å². The van der Waals surface area contributed by atoms with E-state index < -0.39 is 0 Å². The van der Waals surface area contributed by atoms with Gasteiger partial charge in [0, 0.05) is 19.1 Å². The zero-order valence-corrected chi connectivity index (χ0v) is 13.3. The van der Waals surface area contributed by atoms with Crippen LogP contribution in [0.3, 0.4) is 0 Å². The van der Waals surface area contributed by atoms with Crippen LogP contribution in [0.2, 0.25) is 0 Å². The molecule has 18 heavy (non-hydrogen) atoms. The van der Waals surface area contributed by atoms with Crippen LogP contribution in [-0.4, -0.2) is 61.5 Å². The van der Waals surface area contributed by atoms with Crippen LogP contribution in [0.5, 0.6) is 0 Å². The Hall–Kier alpha value is -0.0300. The number of likely N-dealkylation sites (N-methyl/N-ethyl adjacent to an activating group) is 2. The van der Waals surface area contributed by atoms with E-state index >= 15 is 0 Å². The molecule has 0 radical (unpaired) electrons. The molecule has 1 atom stereocenters. The number of hydrogen-bond donors (Lipinski definition) is 1. The summed E-state index contributed by atoms with van der Waals surface area (Å²) in [5.74, 6) is 0.293. The predicted octanol–water partition coefficient (Wildman–Crippen LogP) is 1.38. The quantitative estimate of drug-likeness (QED) is 0.805. The highest BCUT2D eigenvalue weighted by Gasteiger charge is 2.28. The van der Waals surface area contributed by atoms with E-state index in [2.05, 4.69) is 29.0 Å². The molecule has 0 spiro atoms. The Morgan fingerprint density at radius 2 is 1.94 bits per heavy atom. The number of nitrogens with one attached hydrogen (secondary N) is 1. The third-order valence-electron chi connectivity index (χ3n) is 3.39. The number of halogens is 2. The molecule has 1 saturated heterocycles. The first-order chi connectivity index (χ1) is 7.72. The lowest BCUT2D eigenvalue weighted by Crippen LogP contribution is -2.45. The molecule has 1 amide bonds. The van der Waals surface area contributed by atoms with Gasteiger partial charge in [0.2, 0.25) is 5.91 Å². The van der Waals surface area contributed by atoms with Crippen molar-refractivity contribution >= 4 is 30.7 Å². The molecule has 4 nitrogen and oxygen atoms in total. The van der Waals surface area contributed by atoms with Gasteiger partial charge in [-0.25, -0.2) is 0 Å². The van der Waals surface area contributed by atoms with E-state index in [4.69, 9.17) is 0 Å². The zero-order chi connectivity index (χ0) is 12.0. The van der Waals surface area contributed by atoms with Gasteiger partial charge in [0.05, 0.1) is 6.54 Å². The van der Waals surface area contributed by atoms with E-state index in [-0.39, 0.29) is 24.8 Å². The van der Waals surface area contributed by atoms with Crippen molar-refractivity contribution in [2.24, 2.45) is 0 Å². The van der Waals surface area contributed by atoms with Crippen LogP contribution in [0.4, 0.5) is 0 Å². The van der Waals surface area contributed by atoms with Crippen LogP contribution >= 0.6 is 24.8 Å². The van der Waals surface area contributed by atoms with Crippen molar-refractivity contribution in [3.8, 4) is 0 Å². The standard InChI is InChI=1S/C12H25N3O.2ClH/c1-4-14(5-2)10-12(16)15-8-6-7-11(15)9-13-3;;/h11,13H,4-10H2,1-3H3;2*1H. The summed E-state index contributed by atoms with van der Waals surface area (Å²) < 4.78 is 0. The average Bonchev–Trinajstić information content (AvgIpc) is 2.74. The van der Waals surface area contributed by atoms with Crippen LogP contribution in [0, 0.1) is 0 Å². The normalized spacial score (nSPS) is 18.4. The zero-order valence-electron chi connectivity index (χ0n) is 11.6. The molecule has 6 heteroatoms. The van der Waals surface area contributed by atoms with Crippen LogP contribution in [0.1, 0.15) is 26.7 Å². The fourth-order valence-corrected chi connectivity index (χ4v) is 2.34. The second kappa shape index (κ2) is 10.9. The van der Waals surface area contributed by atoms with E-state index in [0.717, 1.165) is 39.0 Å². The minimum atomic E-state index is 0. The second-order valence-electron chi connectivity index (χ2n) is 4.40. The van der Waals surface area contributed by atoms with E-state index in [9.17, 15) is 4.79 Å². The fraction of sp³-hybridized carbons (Fsp3) is 0.917. The van der Waals surface area contributed by atoms with Crippen molar-refractivity contribution in [2.45, 2.75) is 32.7 Å². The van der Waals surface area contributed by atoms with E-state index in [0.29, 0.717) is 18.5 Å². The summed E-state index contributed by atoms with van der Waals surface area (Å²) in [5.41, 5.74) is 0. The highest BCUT2D eigenvalue weighted by molar-refractivity contribution is 5.85. The van der Waals surface area contributed by atoms with Crippen LogP contribution in [0.25, 0.3) is 0 Å². The SMILES string of the molecule is CCN(CC)CC(=O)N1CCCC1CNC.Cl.Cl. The molecule has 1 unspecified atom stereocenters. The highest BCUT2D eigenvalue weighted by Crippen LogP contribution is 2.16. The third-order valence-corrected chi connectivity index (χ3v) is 3.39. The molecule has 0 aromatic carbocycles. The molecule has 1 rings (SSSR count). The lowest BCUT2D eigenvalue weighted by Gasteiger charge is -2.27. The molecule has 0 saturated carbocycles. The molecular formula is C12H27Cl2N3O. The number of hydrogen-bond acceptors (Lipinski definition) is 3.